The third-order valence-electron chi connectivity index (χ3n) is 5.30. The summed E-state index contributed by atoms with van der Waals surface area (Å²) in [7, 11) is -4.15. The normalized spacial score (nSPS) is 18.4. The Morgan fingerprint density at radius 1 is 1.09 bits per heavy atom. The van der Waals surface area contributed by atoms with Crippen molar-refractivity contribution in [2.75, 3.05) is 6.54 Å². The molecule has 4 rings (SSSR count). The molecule has 0 bridgehead atoms. The van der Waals surface area contributed by atoms with Crippen LogP contribution in [0.3, 0.4) is 0 Å². The number of benzene rings is 3. The van der Waals surface area contributed by atoms with Crippen LogP contribution in [0.2, 0.25) is 10.0 Å². The summed E-state index contributed by atoms with van der Waals surface area (Å²) in [5.41, 5.74) is 0.808. The lowest BCUT2D eigenvalue weighted by molar-refractivity contribution is -0.384. The van der Waals surface area contributed by atoms with Crippen molar-refractivity contribution >= 4 is 44.9 Å². The van der Waals surface area contributed by atoms with Crippen LogP contribution >= 0.6 is 23.2 Å². The molecule has 0 radical (unpaired) electrons. The molecule has 1 saturated heterocycles. The minimum absolute atomic E-state index is 0.0597. The van der Waals surface area contributed by atoms with E-state index in [1.165, 1.54) is 25.1 Å². The van der Waals surface area contributed by atoms with Crippen LogP contribution in [0.4, 0.5) is 5.69 Å². The third-order valence-corrected chi connectivity index (χ3v) is 7.68. The fraction of sp³-hybridized carbons (Fsp3) is 0.174. The highest BCUT2D eigenvalue weighted by Gasteiger charge is 2.43. The number of halogens is 2. The SMILES string of the molecule is CC(=O)Oc1ccc([C@@H]2CN(S(=O)(=O)c3ccc([N+](=O)[O-])cc3)[C@H](c3ccc(Cl)cc3Cl)O2)cc1. The number of carbonyl (C=O) groups excluding carboxylic acids is 1. The van der Waals surface area contributed by atoms with Crippen LogP contribution in [-0.4, -0.2) is 30.2 Å². The molecule has 3 aromatic rings. The van der Waals surface area contributed by atoms with Crippen LogP contribution in [0.1, 0.15) is 30.4 Å². The zero-order valence-corrected chi connectivity index (χ0v) is 20.5. The molecule has 35 heavy (non-hydrogen) atoms. The summed E-state index contributed by atoms with van der Waals surface area (Å²) in [6.07, 6.45) is -1.76. The summed E-state index contributed by atoms with van der Waals surface area (Å²) in [5, 5.41) is 11.6. The number of hydrogen-bond donors (Lipinski definition) is 0. The van der Waals surface area contributed by atoms with Crippen LogP contribution in [-0.2, 0) is 19.6 Å². The Bertz CT molecular complexity index is 1380. The highest BCUT2D eigenvalue weighted by molar-refractivity contribution is 7.89. The molecular weight excluding hydrogens is 519 g/mol. The molecule has 1 aliphatic heterocycles. The molecule has 0 spiro atoms. The second-order valence-corrected chi connectivity index (χ2v) is 10.4. The van der Waals surface area contributed by atoms with Crippen molar-refractivity contribution in [3.05, 3.63) is 98.0 Å². The highest BCUT2D eigenvalue weighted by atomic mass is 35.5. The van der Waals surface area contributed by atoms with E-state index in [-0.39, 0.29) is 22.2 Å². The number of nitro groups is 1. The number of rotatable bonds is 6. The molecule has 1 aliphatic rings. The molecule has 0 unspecified atom stereocenters. The minimum Gasteiger partial charge on any atom is -0.427 e. The van der Waals surface area contributed by atoms with E-state index in [0.717, 1.165) is 16.4 Å². The lowest BCUT2D eigenvalue weighted by Crippen LogP contribution is -2.31. The number of nitrogens with zero attached hydrogens (tertiary/aromatic N) is 2. The maximum Gasteiger partial charge on any atom is 0.308 e. The quantitative estimate of drug-likeness (QED) is 0.182. The fourth-order valence-electron chi connectivity index (χ4n) is 3.66. The first-order valence-corrected chi connectivity index (χ1v) is 12.4. The Hall–Kier alpha value is -3.02. The van der Waals surface area contributed by atoms with E-state index >= 15 is 0 Å². The molecule has 0 N–H and O–H groups in total. The zero-order chi connectivity index (χ0) is 25.3. The molecule has 0 saturated carbocycles. The second kappa shape index (κ2) is 9.92. The minimum atomic E-state index is -4.15. The van der Waals surface area contributed by atoms with Gasteiger partial charge >= 0.3 is 5.97 Å². The van der Waals surface area contributed by atoms with Gasteiger partial charge in [0.15, 0.2) is 6.23 Å². The van der Waals surface area contributed by atoms with Gasteiger partial charge in [-0.2, -0.15) is 4.31 Å². The Labute approximate surface area is 211 Å². The van der Waals surface area contributed by atoms with Gasteiger partial charge in [0.05, 0.1) is 15.9 Å². The standard InChI is InChI=1S/C23H18Cl2N2O7S/c1-14(28)33-18-7-2-15(3-8-18)22-13-26(23(34-22)20-11-4-16(24)12-21(20)25)35(31,32)19-9-5-17(6-10-19)27(29)30/h2-12,22-23H,13H2,1H3/t22-,23-/m0/s1. The summed E-state index contributed by atoms with van der Waals surface area (Å²) in [6, 6.07) is 15.7. The summed E-state index contributed by atoms with van der Waals surface area (Å²) in [4.78, 5) is 21.4. The second-order valence-electron chi connectivity index (χ2n) is 7.63. The topological polar surface area (TPSA) is 116 Å². The van der Waals surface area contributed by atoms with E-state index in [9.17, 15) is 23.3 Å². The van der Waals surface area contributed by atoms with E-state index < -0.39 is 33.2 Å². The van der Waals surface area contributed by atoms with Gasteiger partial charge in [0.1, 0.15) is 5.75 Å². The monoisotopic (exact) mass is 536 g/mol. The lowest BCUT2D eigenvalue weighted by Gasteiger charge is -2.23. The lowest BCUT2D eigenvalue weighted by atomic mass is 10.1. The summed E-state index contributed by atoms with van der Waals surface area (Å²) in [5.74, 6) is -0.125. The largest absolute Gasteiger partial charge is 0.427 e. The summed E-state index contributed by atoms with van der Waals surface area (Å²) in [6.45, 7) is 1.23. The van der Waals surface area contributed by atoms with Gasteiger partial charge in [0, 0.05) is 41.2 Å². The average Bonchev–Trinajstić information content (AvgIpc) is 3.25. The maximum atomic E-state index is 13.6. The molecule has 9 nitrogen and oxygen atoms in total. The predicted octanol–water partition coefficient (Wildman–Crippen LogP) is 5.29. The van der Waals surface area contributed by atoms with Crippen LogP contribution < -0.4 is 4.74 Å². The van der Waals surface area contributed by atoms with Crippen molar-refractivity contribution in [3.63, 3.8) is 0 Å². The number of nitro benzene ring substituents is 1. The number of ether oxygens (including phenoxy) is 2. The van der Waals surface area contributed by atoms with Crippen molar-refractivity contribution in [1.29, 1.82) is 0 Å². The Morgan fingerprint density at radius 3 is 2.31 bits per heavy atom. The number of hydrogen-bond acceptors (Lipinski definition) is 7. The van der Waals surface area contributed by atoms with Crippen molar-refractivity contribution < 1.29 is 27.6 Å². The Kier molecular flexibility index (Phi) is 7.11. The van der Waals surface area contributed by atoms with E-state index in [0.29, 0.717) is 21.9 Å². The first-order chi connectivity index (χ1) is 16.6. The smallest absolute Gasteiger partial charge is 0.308 e. The van der Waals surface area contributed by atoms with Crippen molar-refractivity contribution in [3.8, 4) is 5.75 Å². The van der Waals surface area contributed by atoms with Gasteiger partial charge in [-0.1, -0.05) is 41.4 Å². The average molecular weight is 537 g/mol. The number of esters is 1. The Balaban J connectivity index is 1.72. The van der Waals surface area contributed by atoms with Crippen LogP contribution in [0.5, 0.6) is 5.75 Å². The van der Waals surface area contributed by atoms with Crippen LogP contribution in [0, 0.1) is 10.1 Å². The van der Waals surface area contributed by atoms with Gasteiger partial charge in [0.2, 0.25) is 10.0 Å². The number of sulfonamides is 1. The number of carbonyl (C=O) groups is 1. The number of non-ortho nitro benzene ring substituents is 1. The van der Waals surface area contributed by atoms with E-state index in [1.807, 2.05) is 0 Å². The summed E-state index contributed by atoms with van der Waals surface area (Å²) >= 11 is 12.4. The molecule has 2 atom stereocenters. The van der Waals surface area contributed by atoms with Gasteiger partial charge in [-0.25, -0.2) is 8.42 Å². The summed E-state index contributed by atoms with van der Waals surface area (Å²) < 4.78 is 39.5. The highest BCUT2D eigenvalue weighted by Crippen LogP contribution is 2.43. The van der Waals surface area contributed by atoms with E-state index in [2.05, 4.69) is 0 Å². The zero-order valence-electron chi connectivity index (χ0n) is 18.1. The van der Waals surface area contributed by atoms with Gasteiger partial charge < -0.3 is 9.47 Å². The van der Waals surface area contributed by atoms with Crippen molar-refractivity contribution in [2.45, 2.75) is 24.2 Å². The van der Waals surface area contributed by atoms with Crippen LogP contribution in [0.15, 0.2) is 71.6 Å². The Morgan fingerprint density at radius 2 is 1.74 bits per heavy atom. The molecule has 0 amide bonds. The maximum absolute atomic E-state index is 13.6. The first kappa shape index (κ1) is 25.1. The van der Waals surface area contributed by atoms with E-state index in [4.69, 9.17) is 32.7 Å². The van der Waals surface area contributed by atoms with Gasteiger partial charge in [-0.05, 0) is 42.0 Å². The van der Waals surface area contributed by atoms with Crippen LogP contribution in [0.25, 0.3) is 0 Å². The molecule has 3 aromatic carbocycles. The van der Waals surface area contributed by atoms with E-state index in [1.54, 1.807) is 36.4 Å². The molecule has 182 valence electrons. The molecule has 1 heterocycles. The molecular formula is C23H18Cl2N2O7S. The fourth-order valence-corrected chi connectivity index (χ4v) is 5.66. The molecule has 1 fully saturated rings. The van der Waals surface area contributed by atoms with Gasteiger partial charge in [-0.3, -0.25) is 14.9 Å². The molecule has 12 heteroatoms. The van der Waals surface area contributed by atoms with Gasteiger partial charge in [0.25, 0.3) is 5.69 Å². The van der Waals surface area contributed by atoms with Crippen molar-refractivity contribution in [1.82, 2.24) is 4.31 Å². The van der Waals surface area contributed by atoms with Gasteiger partial charge in [-0.15, -0.1) is 0 Å². The molecule has 0 aliphatic carbocycles. The van der Waals surface area contributed by atoms with Crippen molar-refractivity contribution in [2.24, 2.45) is 0 Å². The third kappa shape index (κ3) is 5.31. The first-order valence-electron chi connectivity index (χ1n) is 10.2. The predicted molar refractivity (Wildman–Crippen MR) is 128 cm³/mol. The molecule has 0 aromatic heterocycles.